The molecule has 2 aliphatic heterocycles. The van der Waals surface area contributed by atoms with Crippen molar-refractivity contribution in [1.29, 1.82) is 0 Å². The first-order valence-electron chi connectivity index (χ1n) is 10.8. The molecule has 3 aliphatic rings. The van der Waals surface area contributed by atoms with Crippen molar-refractivity contribution in [1.82, 2.24) is 5.32 Å². The normalized spacial score (nSPS) is 23.9. The number of rotatable bonds is 6. The highest BCUT2D eigenvalue weighted by Gasteiger charge is 2.39. The predicted octanol–water partition coefficient (Wildman–Crippen LogP) is 3.78. The number of carbonyl (C=O) groups excluding carboxylic acids is 2. The minimum Gasteiger partial charge on any atom is -0.494 e. The average molecular weight is 411 g/mol. The lowest BCUT2D eigenvalue weighted by atomic mass is 9.75. The Hall–Kier alpha value is -2.60. The molecule has 1 N–H and O–H groups in total. The highest BCUT2D eigenvalue weighted by molar-refractivity contribution is 6.03. The first-order chi connectivity index (χ1) is 14.6. The Morgan fingerprint density at radius 2 is 2.13 bits per heavy atom. The first-order valence-corrected chi connectivity index (χ1v) is 10.8. The third-order valence-corrected chi connectivity index (χ3v) is 5.92. The fourth-order valence-corrected chi connectivity index (χ4v) is 4.56. The largest absolute Gasteiger partial charge is 0.494 e. The zero-order valence-electron chi connectivity index (χ0n) is 17.7. The minimum atomic E-state index is -0.452. The standard InChI is InChI=1S/C24H29NO5/c1-3-28-17-8-4-7-16(13-17)22-21(24(27)30-14-18-9-6-12-29-18)15(2)25-19-10-5-11-20(26)23(19)22/h4,7-8,13,18,22,25H,3,5-6,9-12,14H2,1-2H3/t18-,22+/m1/s1. The van der Waals surface area contributed by atoms with Gasteiger partial charge in [-0.25, -0.2) is 4.79 Å². The lowest BCUT2D eigenvalue weighted by Gasteiger charge is -2.34. The number of ketones is 1. The monoisotopic (exact) mass is 411 g/mol. The fraction of sp³-hybridized carbons (Fsp3) is 0.500. The molecule has 6 heteroatoms. The summed E-state index contributed by atoms with van der Waals surface area (Å²) >= 11 is 0. The summed E-state index contributed by atoms with van der Waals surface area (Å²) in [5.41, 5.74) is 3.72. The van der Waals surface area contributed by atoms with Crippen LogP contribution >= 0.6 is 0 Å². The van der Waals surface area contributed by atoms with Crippen molar-refractivity contribution >= 4 is 11.8 Å². The molecule has 1 saturated heterocycles. The van der Waals surface area contributed by atoms with E-state index in [9.17, 15) is 9.59 Å². The second-order valence-corrected chi connectivity index (χ2v) is 8.00. The van der Waals surface area contributed by atoms with Crippen LogP contribution in [0.2, 0.25) is 0 Å². The molecule has 1 aromatic carbocycles. The van der Waals surface area contributed by atoms with Gasteiger partial charge in [0.1, 0.15) is 12.4 Å². The molecule has 2 atom stereocenters. The molecule has 0 radical (unpaired) electrons. The summed E-state index contributed by atoms with van der Waals surface area (Å²) in [6.07, 6.45) is 3.97. The van der Waals surface area contributed by atoms with Crippen LogP contribution in [0.1, 0.15) is 57.4 Å². The maximum atomic E-state index is 13.2. The zero-order chi connectivity index (χ0) is 21.1. The number of allylic oxidation sites excluding steroid dienone is 3. The number of hydrogen-bond donors (Lipinski definition) is 1. The Labute approximate surface area is 177 Å². The Bertz CT molecular complexity index is 895. The number of nitrogens with one attached hydrogen (secondary N) is 1. The van der Waals surface area contributed by atoms with Gasteiger partial charge in [0.25, 0.3) is 0 Å². The van der Waals surface area contributed by atoms with Crippen LogP contribution in [0.4, 0.5) is 0 Å². The van der Waals surface area contributed by atoms with Crippen LogP contribution in [-0.4, -0.2) is 37.7 Å². The maximum Gasteiger partial charge on any atom is 0.336 e. The van der Waals surface area contributed by atoms with Gasteiger partial charge in [-0.15, -0.1) is 0 Å². The van der Waals surface area contributed by atoms with E-state index < -0.39 is 11.9 Å². The maximum absolute atomic E-state index is 13.2. The lowest BCUT2D eigenvalue weighted by Crippen LogP contribution is -2.35. The summed E-state index contributed by atoms with van der Waals surface area (Å²) in [4.78, 5) is 26.1. The number of carbonyl (C=O) groups is 2. The van der Waals surface area contributed by atoms with Gasteiger partial charge < -0.3 is 19.5 Å². The van der Waals surface area contributed by atoms with E-state index in [2.05, 4.69) is 5.32 Å². The van der Waals surface area contributed by atoms with Crippen LogP contribution in [0.15, 0.2) is 46.8 Å². The third-order valence-electron chi connectivity index (χ3n) is 5.92. The van der Waals surface area contributed by atoms with Crippen LogP contribution in [0.5, 0.6) is 5.75 Å². The van der Waals surface area contributed by atoms with E-state index in [0.717, 1.165) is 48.4 Å². The molecule has 30 heavy (non-hydrogen) atoms. The van der Waals surface area contributed by atoms with Crippen molar-refractivity contribution in [3.8, 4) is 5.75 Å². The quantitative estimate of drug-likeness (QED) is 0.719. The summed E-state index contributed by atoms with van der Waals surface area (Å²) in [5.74, 6) is -0.0326. The number of ether oxygens (including phenoxy) is 3. The number of dihydropyridines is 1. The highest BCUT2D eigenvalue weighted by Crippen LogP contribution is 2.43. The topological polar surface area (TPSA) is 73.9 Å². The molecule has 0 amide bonds. The predicted molar refractivity (Wildman–Crippen MR) is 112 cm³/mol. The summed E-state index contributed by atoms with van der Waals surface area (Å²) in [7, 11) is 0. The molecule has 0 unspecified atom stereocenters. The summed E-state index contributed by atoms with van der Waals surface area (Å²) in [5, 5.41) is 3.32. The number of benzene rings is 1. The lowest BCUT2D eigenvalue weighted by molar-refractivity contribution is -0.142. The first kappa shape index (κ1) is 20.7. The fourth-order valence-electron chi connectivity index (χ4n) is 4.56. The second-order valence-electron chi connectivity index (χ2n) is 8.00. The Balaban J connectivity index is 1.70. The van der Waals surface area contributed by atoms with Crippen LogP contribution in [0, 0.1) is 0 Å². The van der Waals surface area contributed by atoms with Crippen LogP contribution in [0.25, 0.3) is 0 Å². The van der Waals surface area contributed by atoms with E-state index >= 15 is 0 Å². The highest BCUT2D eigenvalue weighted by atomic mass is 16.6. The Kier molecular flexibility index (Phi) is 6.23. The van der Waals surface area contributed by atoms with Crippen LogP contribution in [0.3, 0.4) is 0 Å². The van der Waals surface area contributed by atoms with E-state index in [1.807, 2.05) is 38.1 Å². The van der Waals surface area contributed by atoms with Gasteiger partial charge in [0.2, 0.25) is 0 Å². The molecule has 6 nitrogen and oxygen atoms in total. The van der Waals surface area contributed by atoms with Gasteiger partial charge in [0, 0.05) is 35.9 Å². The van der Waals surface area contributed by atoms with E-state index in [1.54, 1.807) is 0 Å². The molecule has 1 aliphatic carbocycles. The van der Waals surface area contributed by atoms with Crippen molar-refractivity contribution in [2.24, 2.45) is 0 Å². The average Bonchev–Trinajstić information content (AvgIpc) is 3.25. The molecule has 1 fully saturated rings. The molecule has 2 heterocycles. The van der Waals surface area contributed by atoms with Crippen molar-refractivity contribution < 1.29 is 23.8 Å². The smallest absolute Gasteiger partial charge is 0.336 e. The van der Waals surface area contributed by atoms with Crippen molar-refractivity contribution in [2.75, 3.05) is 19.8 Å². The zero-order valence-corrected chi connectivity index (χ0v) is 17.7. The SMILES string of the molecule is CCOc1cccc([C@H]2C(C(=O)OC[C@H]3CCCO3)=C(C)NC3=C2C(=O)CCC3)c1. The van der Waals surface area contributed by atoms with E-state index in [1.165, 1.54) is 0 Å². The van der Waals surface area contributed by atoms with Crippen LogP contribution < -0.4 is 10.1 Å². The Morgan fingerprint density at radius 3 is 2.90 bits per heavy atom. The molecule has 1 aromatic rings. The van der Waals surface area contributed by atoms with E-state index in [0.29, 0.717) is 30.8 Å². The van der Waals surface area contributed by atoms with E-state index in [-0.39, 0.29) is 18.5 Å². The summed E-state index contributed by atoms with van der Waals surface area (Å²) in [6, 6.07) is 7.66. The van der Waals surface area contributed by atoms with Crippen molar-refractivity contribution in [3.05, 3.63) is 52.4 Å². The van der Waals surface area contributed by atoms with Crippen molar-refractivity contribution in [2.45, 2.75) is 58.0 Å². The van der Waals surface area contributed by atoms with Gasteiger partial charge >= 0.3 is 5.97 Å². The van der Waals surface area contributed by atoms with Gasteiger partial charge in [0.15, 0.2) is 5.78 Å². The van der Waals surface area contributed by atoms with Gasteiger partial charge in [-0.1, -0.05) is 12.1 Å². The van der Waals surface area contributed by atoms with Gasteiger partial charge in [-0.2, -0.15) is 0 Å². The minimum absolute atomic E-state index is 0.0442. The Morgan fingerprint density at radius 1 is 1.27 bits per heavy atom. The van der Waals surface area contributed by atoms with Gasteiger partial charge in [0.05, 0.1) is 18.3 Å². The second kappa shape index (κ2) is 9.04. The number of esters is 1. The van der Waals surface area contributed by atoms with E-state index in [4.69, 9.17) is 14.2 Å². The molecule has 0 spiro atoms. The third kappa shape index (κ3) is 4.15. The molecule has 4 rings (SSSR count). The number of Topliss-reactive ketones (excluding diaryl/α,β-unsaturated/α-hetero) is 1. The van der Waals surface area contributed by atoms with Crippen molar-refractivity contribution in [3.63, 3.8) is 0 Å². The molecule has 0 aromatic heterocycles. The van der Waals surface area contributed by atoms with Gasteiger partial charge in [-0.3, -0.25) is 4.79 Å². The van der Waals surface area contributed by atoms with Gasteiger partial charge in [-0.05, 0) is 57.2 Å². The van der Waals surface area contributed by atoms with Crippen LogP contribution in [-0.2, 0) is 19.1 Å². The summed E-state index contributed by atoms with van der Waals surface area (Å²) in [6.45, 7) is 5.31. The number of hydrogen-bond acceptors (Lipinski definition) is 6. The molecular formula is C24H29NO5. The molecule has 0 bridgehead atoms. The molecule has 160 valence electrons. The molecule has 0 saturated carbocycles. The molecular weight excluding hydrogens is 382 g/mol. The summed E-state index contributed by atoms with van der Waals surface area (Å²) < 4.78 is 16.9.